The van der Waals surface area contributed by atoms with Crippen LogP contribution in [0.3, 0.4) is 0 Å². The van der Waals surface area contributed by atoms with Crippen LogP contribution < -0.4 is 10.2 Å². The number of ether oxygens (including phenoxy) is 6. The van der Waals surface area contributed by atoms with Crippen LogP contribution in [0.5, 0.6) is 28.7 Å². The minimum Gasteiger partial charge on any atom is -0.508 e. The van der Waals surface area contributed by atoms with E-state index in [1.807, 2.05) is 0 Å². The van der Waals surface area contributed by atoms with Crippen LogP contribution in [0.15, 0.2) is 39.5 Å². The van der Waals surface area contributed by atoms with Gasteiger partial charge in [-0.2, -0.15) is 0 Å². The number of benzene rings is 2. The van der Waals surface area contributed by atoms with Gasteiger partial charge in [-0.15, -0.1) is 0 Å². The second kappa shape index (κ2) is 15.7. The molecule has 0 radical (unpaired) electrons. The fourth-order valence-corrected chi connectivity index (χ4v) is 6.33. The van der Waals surface area contributed by atoms with E-state index in [1.165, 1.54) is 13.0 Å². The molecule has 2 aromatic carbocycles. The van der Waals surface area contributed by atoms with Crippen LogP contribution in [0.2, 0.25) is 0 Å². The van der Waals surface area contributed by atoms with Gasteiger partial charge in [0.1, 0.15) is 89.6 Å². The molecule has 3 aliphatic rings. The molecule has 0 amide bonds. The highest BCUT2D eigenvalue weighted by molar-refractivity contribution is 5.88. The van der Waals surface area contributed by atoms with E-state index in [0.29, 0.717) is 0 Å². The molecule has 0 spiro atoms. The van der Waals surface area contributed by atoms with Crippen molar-refractivity contribution < 1.29 is 99.2 Å². The van der Waals surface area contributed by atoms with Crippen molar-refractivity contribution in [1.82, 2.24) is 0 Å². The van der Waals surface area contributed by atoms with Gasteiger partial charge in [-0.25, -0.2) is 0 Å². The Morgan fingerprint density at radius 1 is 0.667 bits per heavy atom. The van der Waals surface area contributed by atoms with Crippen LogP contribution in [0, 0.1) is 0 Å². The third-order valence-electron chi connectivity index (χ3n) is 9.40. The van der Waals surface area contributed by atoms with Crippen molar-refractivity contribution in [2.45, 2.75) is 99.0 Å². The van der Waals surface area contributed by atoms with Gasteiger partial charge in [-0.3, -0.25) is 4.79 Å². The molecule has 3 fully saturated rings. The smallest absolute Gasteiger partial charge is 0.239 e. The molecule has 0 bridgehead atoms. The van der Waals surface area contributed by atoms with E-state index in [2.05, 4.69) is 0 Å². The molecular weight excluding hydrogens is 732 g/mol. The van der Waals surface area contributed by atoms with Gasteiger partial charge in [0.15, 0.2) is 29.8 Å². The first-order valence-electron chi connectivity index (χ1n) is 16.5. The number of phenols is 4. The highest BCUT2D eigenvalue weighted by Gasteiger charge is 2.52. The summed E-state index contributed by atoms with van der Waals surface area (Å²) in [6.07, 6.45) is -26.5. The van der Waals surface area contributed by atoms with Gasteiger partial charge >= 0.3 is 0 Å². The second-order valence-corrected chi connectivity index (χ2v) is 13.1. The van der Waals surface area contributed by atoms with Gasteiger partial charge in [-0.05, 0) is 25.1 Å². The van der Waals surface area contributed by atoms with Crippen LogP contribution in [-0.2, 0) is 23.7 Å². The van der Waals surface area contributed by atoms with Gasteiger partial charge in [0, 0.05) is 17.7 Å². The van der Waals surface area contributed by atoms with E-state index in [4.69, 9.17) is 32.8 Å². The Bertz CT molecular complexity index is 1850. The number of aromatic hydroxyl groups is 4. The Hall–Kier alpha value is -3.91. The summed E-state index contributed by atoms with van der Waals surface area (Å²) in [5.74, 6) is -3.72. The number of fused-ring (bicyclic) bond motifs is 1. The predicted octanol–water partition coefficient (Wildman–Crippen LogP) is -3.86. The topological polar surface area (TPSA) is 349 Å². The van der Waals surface area contributed by atoms with Gasteiger partial charge in [0.25, 0.3) is 0 Å². The molecule has 15 atom stereocenters. The first kappa shape index (κ1) is 39.8. The van der Waals surface area contributed by atoms with Gasteiger partial charge < -0.3 is 99.2 Å². The fourth-order valence-electron chi connectivity index (χ4n) is 6.33. The Morgan fingerprint density at radius 3 is 2.00 bits per heavy atom. The number of aliphatic hydroxyl groups is 9. The Labute approximate surface area is 303 Å². The van der Waals surface area contributed by atoms with E-state index >= 15 is 0 Å². The minimum atomic E-state index is -2.16. The average molecular weight is 773 g/mol. The molecule has 3 aromatic rings. The Morgan fingerprint density at radius 2 is 1.31 bits per heavy atom. The van der Waals surface area contributed by atoms with E-state index in [1.54, 1.807) is 0 Å². The number of phenolic OH excluding ortho intramolecular Hbond substituents is 4. The quantitative estimate of drug-likeness (QED) is 0.0925. The van der Waals surface area contributed by atoms with Crippen LogP contribution in [0.25, 0.3) is 22.3 Å². The number of hydrogen-bond acceptors (Lipinski definition) is 21. The maximum absolute atomic E-state index is 13.9. The number of aliphatic hydroxyl groups excluding tert-OH is 9. The summed E-state index contributed by atoms with van der Waals surface area (Å²) in [5, 5.41) is 134. The molecule has 0 saturated carbocycles. The molecule has 3 aliphatic heterocycles. The van der Waals surface area contributed by atoms with Gasteiger partial charge in [0.05, 0.1) is 19.3 Å². The first-order valence-corrected chi connectivity index (χ1v) is 16.5. The molecule has 3 saturated heterocycles. The number of rotatable bonds is 9. The minimum absolute atomic E-state index is 0.102. The van der Waals surface area contributed by atoms with Crippen molar-refractivity contribution >= 4 is 11.0 Å². The Kier molecular flexibility index (Phi) is 11.5. The summed E-state index contributed by atoms with van der Waals surface area (Å²) in [5.41, 5.74) is -1.56. The lowest BCUT2D eigenvalue weighted by molar-refractivity contribution is -0.359. The molecule has 13 N–H and O–H groups in total. The SMILES string of the molecule is CC1O[C@@H](OCC2O[C@@H](Oc3c(-c4ccc(O)c(O)c4)oc4cc(O)cc(O)c4c3=O)C(O)[C@@H](O)[C@H]2O[C@@H]2OC(CO)[C@H](O)[C@H](O)C2O)C(O)[C@@H](O)[C@H]1O. The fraction of sp³-hybridized carbons (Fsp3) is 0.545. The van der Waals surface area contributed by atoms with Crippen molar-refractivity contribution in [1.29, 1.82) is 0 Å². The standard InChI is InChI=1S/C33H40O21/c1-9-19(39)22(42)25(45)31(49-9)48-8-17-29(53-32-26(46)23(43)20(40)16(7-34)51-32)24(44)27(47)33(52-17)54-30-21(41)18-14(38)5-11(35)6-15(18)50-28(30)10-2-3-12(36)13(37)4-10/h2-6,9,16-17,19-20,22-27,29,31-40,42-47H,7-8H2,1H3/t9?,16?,17?,19-,20-,22-,23-,24+,25?,26?,27?,29-,31+,32-,33-/m0/s1. The van der Waals surface area contributed by atoms with E-state index in [9.17, 15) is 71.2 Å². The summed E-state index contributed by atoms with van der Waals surface area (Å²) in [6.45, 7) is -0.219. The third kappa shape index (κ3) is 7.39. The Balaban J connectivity index is 1.37. The normalized spacial score (nSPS) is 37.3. The van der Waals surface area contributed by atoms with Crippen LogP contribution in [-0.4, -0.2) is 172 Å². The van der Waals surface area contributed by atoms with Gasteiger partial charge in [-0.1, -0.05) is 0 Å². The molecular formula is C33H40O21. The molecule has 4 heterocycles. The molecule has 54 heavy (non-hydrogen) atoms. The zero-order valence-corrected chi connectivity index (χ0v) is 28.0. The lowest BCUT2D eigenvalue weighted by atomic mass is 9.96. The highest BCUT2D eigenvalue weighted by Crippen LogP contribution is 2.40. The molecule has 21 nitrogen and oxygen atoms in total. The zero-order valence-electron chi connectivity index (χ0n) is 28.0. The summed E-state index contributed by atoms with van der Waals surface area (Å²) >= 11 is 0. The molecule has 1 aromatic heterocycles. The third-order valence-corrected chi connectivity index (χ3v) is 9.40. The van der Waals surface area contributed by atoms with Crippen LogP contribution in [0.1, 0.15) is 6.92 Å². The predicted molar refractivity (Wildman–Crippen MR) is 173 cm³/mol. The molecule has 6 unspecified atom stereocenters. The molecule has 0 aliphatic carbocycles. The van der Waals surface area contributed by atoms with Crippen molar-refractivity contribution in [2.75, 3.05) is 13.2 Å². The van der Waals surface area contributed by atoms with Crippen molar-refractivity contribution in [3.63, 3.8) is 0 Å². The maximum Gasteiger partial charge on any atom is 0.239 e. The van der Waals surface area contributed by atoms with Crippen LogP contribution in [0.4, 0.5) is 0 Å². The van der Waals surface area contributed by atoms with Gasteiger partial charge in [0.2, 0.25) is 17.5 Å². The summed E-state index contributed by atoms with van der Waals surface area (Å²) in [7, 11) is 0. The monoisotopic (exact) mass is 772 g/mol. The maximum atomic E-state index is 13.9. The first-order chi connectivity index (χ1) is 25.5. The average Bonchev–Trinajstić information content (AvgIpc) is 3.13. The van der Waals surface area contributed by atoms with Crippen molar-refractivity contribution in [3.8, 4) is 40.1 Å². The van der Waals surface area contributed by atoms with Crippen molar-refractivity contribution in [2.24, 2.45) is 0 Å². The largest absolute Gasteiger partial charge is 0.508 e. The summed E-state index contributed by atoms with van der Waals surface area (Å²) < 4.78 is 39.8. The summed E-state index contributed by atoms with van der Waals surface area (Å²) in [4.78, 5) is 13.9. The van der Waals surface area contributed by atoms with E-state index < -0.39 is 151 Å². The second-order valence-electron chi connectivity index (χ2n) is 13.1. The molecule has 6 rings (SSSR count). The van der Waals surface area contributed by atoms with E-state index in [0.717, 1.165) is 24.3 Å². The number of hydrogen-bond donors (Lipinski definition) is 13. The van der Waals surface area contributed by atoms with Crippen molar-refractivity contribution in [3.05, 3.63) is 40.6 Å². The summed E-state index contributed by atoms with van der Waals surface area (Å²) in [6, 6.07) is 5.04. The lowest BCUT2D eigenvalue weighted by Gasteiger charge is -2.46. The zero-order chi connectivity index (χ0) is 39.3. The highest BCUT2D eigenvalue weighted by atomic mass is 16.8. The molecule has 21 heteroatoms. The molecule has 298 valence electrons. The van der Waals surface area contributed by atoms with E-state index in [-0.39, 0.29) is 11.1 Å². The van der Waals surface area contributed by atoms with Crippen LogP contribution >= 0.6 is 0 Å². The lowest BCUT2D eigenvalue weighted by Crippen LogP contribution is -2.65.